The van der Waals surface area contributed by atoms with Gasteiger partial charge in [-0.05, 0) is 49.6 Å². The van der Waals surface area contributed by atoms with Crippen LogP contribution in [0.3, 0.4) is 0 Å². The summed E-state index contributed by atoms with van der Waals surface area (Å²) in [5.74, 6) is -0.0177. The first-order valence-electron chi connectivity index (χ1n) is 11.6. The molecule has 1 aromatic carbocycles. The summed E-state index contributed by atoms with van der Waals surface area (Å²) < 4.78 is 9.89. The molecule has 3 aromatic rings. The molecule has 0 aliphatic carbocycles. The van der Waals surface area contributed by atoms with Gasteiger partial charge in [-0.3, -0.25) is 4.79 Å². The lowest BCUT2D eigenvalue weighted by Crippen LogP contribution is -2.31. The van der Waals surface area contributed by atoms with Crippen LogP contribution in [0, 0.1) is 6.92 Å². The average molecular weight is 516 g/mol. The number of carbonyl (C=O) groups is 2. The second-order valence-corrected chi connectivity index (χ2v) is 8.47. The Morgan fingerprint density at radius 1 is 1.22 bits per heavy atom. The fourth-order valence-corrected chi connectivity index (χ4v) is 3.63. The highest BCUT2D eigenvalue weighted by Crippen LogP contribution is 2.24. The number of nitrogens with zero attached hydrogens (tertiary/aromatic N) is 2. The molecule has 1 amide bonds. The molecule has 0 aliphatic rings. The van der Waals surface area contributed by atoms with E-state index in [-0.39, 0.29) is 31.8 Å². The molecule has 0 aliphatic heterocycles. The minimum absolute atomic E-state index is 0.106. The van der Waals surface area contributed by atoms with Crippen LogP contribution < -0.4 is 10.6 Å². The summed E-state index contributed by atoms with van der Waals surface area (Å²) in [4.78, 5) is 36.2. The predicted molar refractivity (Wildman–Crippen MR) is 136 cm³/mol. The van der Waals surface area contributed by atoms with Crippen LogP contribution >= 0.6 is 11.6 Å². The maximum atomic E-state index is 12.8. The summed E-state index contributed by atoms with van der Waals surface area (Å²) in [5, 5.41) is 16.3. The largest absolute Gasteiger partial charge is 0.508 e. The van der Waals surface area contributed by atoms with Crippen LogP contribution in [0.15, 0.2) is 42.7 Å². The van der Waals surface area contributed by atoms with E-state index >= 15 is 0 Å². The minimum Gasteiger partial charge on any atom is -0.435 e. The standard InChI is InChI=1S/C25H30ClN5O5/c1-4-19(14-36-25(34)35-5-2)29-24-28-11-15(3)22(31-24)17-10-20(27-12-17)23(33)30-21(13-32)16-7-6-8-18(26)9-16/h6-12,19,21,27,32H,4-5,13-14H2,1-3H3,(H,30,33)(H,28,29,31)/t19-,21-/m1/s1. The summed E-state index contributed by atoms with van der Waals surface area (Å²) in [7, 11) is 0. The second-order valence-electron chi connectivity index (χ2n) is 8.03. The molecule has 4 N–H and O–H groups in total. The zero-order valence-electron chi connectivity index (χ0n) is 20.4. The van der Waals surface area contributed by atoms with Gasteiger partial charge in [0.15, 0.2) is 0 Å². The number of ether oxygens (including phenoxy) is 2. The number of aliphatic hydroxyl groups excluding tert-OH is 1. The van der Waals surface area contributed by atoms with Crippen molar-refractivity contribution in [1.29, 1.82) is 0 Å². The molecule has 0 saturated heterocycles. The van der Waals surface area contributed by atoms with E-state index in [1.807, 2.05) is 13.8 Å². The van der Waals surface area contributed by atoms with Crippen molar-refractivity contribution in [2.45, 2.75) is 39.3 Å². The molecule has 0 saturated carbocycles. The molecule has 0 radical (unpaired) electrons. The van der Waals surface area contributed by atoms with Gasteiger partial charge in [0.05, 0.1) is 31.0 Å². The number of H-pyrrole nitrogens is 1. The lowest BCUT2D eigenvalue weighted by molar-refractivity contribution is 0.0559. The Labute approximate surface area is 214 Å². The fourth-order valence-electron chi connectivity index (χ4n) is 3.43. The number of aliphatic hydroxyl groups is 1. The van der Waals surface area contributed by atoms with Crippen molar-refractivity contribution >= 4 is 29.6 Å². The molecule has 36 heavy (non-hydrogen) atoms. The zero-order valence-corrected chi connectivity index (χ0v) is 21.1. The van der Waals surface area contributed by atoms with Crippen LogP contribution in [0.4, 0.5) is 10.7 Å². The maximum absolute atomic E-state index is 12.8. The maximum Gasteiger partial charge on any atom is 0.508 e. The van der Waals surface area contributed by atoms with E-state index in [1.54, 1.807) is 49.6 Å². The van der Waals surface area contributed by atoms with Crippen molar-refractivity contribution < 1.29 is 24.2 Å². The van der Waals surface area contributed by atoms with E-state index in [0.29, 0.717) is 39.9 Å². The van der Waals surface area contributed by atoms with Crippen molar-refractivity contribution in [1.82, 2.24) is 20.3 Å². The van der Waals surface area contributed by atoms with Crippen LogP contribution in [0.1, 0.15) is 47.9 Å². The predicted octanol–water partition coefficient (Wildman–Crippen LogP) is 4.26. The fraction of sp³-hybridized carbons (Fsp3) is 0.360. The third kappa shape index (κ3) is 7.19. The van der Waals surface area contributed by atoms with Gasteiger partial charge in [-0.25, -0.2) is 14.8 Å². The van der Waals surface area contributed by atoms with E-state index in [4.69, 9.17) is 21.1 Å². The van der Waals surface area contributed by atoms with E-state index in [0.717, 1.165) is 5.56 Å². The van der Waals surface area contributed by atoms with Gasteiger partial charge in [-0.2, -0.15) is 0 Å². The number of benzene rings is 1. The SMILES string of the molecule is CCOC(=O)OC[C@@H](CC)Nc1ncc(C)c(-c2c[nH]c(C(=O)N[C@H](CO)c3cccc(Cl)c3)c2)n1. The van der Waals surface area contributed by atoms with Crippen LogP contribution in [-0.4, -0.2) is 58.0 Å². The number of halogens is 1. The van der Waals surface area contributed by atoms with Gasteiger partial charge in [0, 0.05) is 23.0 Å². The summed E-state index contributed by atoms with van der Waals surface area (Å²) in [6.07, 6.45) is 3.30. The van der Waals surface area contributed by atoms with E-state index in [9.17, 15) is 14.7 Å². The summed E-state index contributed by atoms with van der Waals surface area (Å²) >= 11 is 6.04. The Morgan fingerprint density at radius 3 is 2.72 bits per heavy atom. The van der Waals surface area contributed by atoms with Gasteiger partial charge < -0.3 is 30.2 Å². The number of nitrogens with one attached hydrogen (secondary N) is 3. The van der Waals surface area contributed by atoms with Crippen LogP contribution in [0.25, 0.3) is 11.3 Å². The Bertz CT molecular complexity index is 1190. The van der Waals surface area contributed by atoms with Crippen molar-refractivity contribution in [2.24, 2.45) is 0 Å². The lowest BCUT2D eigenvalue weighted by Gasteiger charge is -2.17. The normalized spacial score (nSPS) is 12.5. The molecule has 3 rings (SSSR count). The molecular weight excluding hydrogens is 486 g/mol. The van der Waals surface area contributed by atoms with E-state index in [2.05, 4.69) is 25.6 Å². The number of amides is 1. The number of aromatic nitrogens is 3. The summed E-state index contributed by atoms with van der Waals surface area (Å²) in [6.45, 7) is 5.59. The Morgan fingerprint density at radius 2 is 2.03 bits per heavy atom. The number of aryl methyl sites for hydroxylation is 1. The smallest absolute Gasteiger partial charge is 0.435 e. The Kier molecular flexibility index (Phi) is 9.66. The lowest BCUT2D eigenvalue weighted by atomic mass is 10.1. The first-order valence-corrected chi connectivity index (χ1v) is 12.0. The summed E-state index contributed by atoms with van der Waals surface area (Å²) in [5.41, 5.74) is 3.16. The van der Waals surface area contributed by atoms with Crippen LogP contribution in [-0.2, 0) is 9.47 Å². The van der Waals surface area contributed by atoms with Gasteiger partial charge in [0.1, 0.15) is 12.3 Å². The molecule has 2 atom stereocenters. The molecular formula is C25H30ClN5O5. The van der Waals surface area contributed by atoms with E-state index in [1.165, 1.54) is 0 Å². The third-order valence-corrected chi connectivity index (χ3v) is 5.64. The molecule has 192 valence electrons. The number of anilines is 1. The molecule has 0 unspecified atom stereocenters. The molecule has 0 spiro atoms. The molecule has 2 heterocycles. The highest BCUT2D eigenvalue weighted by atomic mass is 35.5. The molecule has 0 bridgehead atoms. The van der Waals surface area contributed by atoms with Gasteiger partial charge in [0.25, 0.3) is 5.91 Å². The first-order chi connectivity index (χ1) is 17.3. The molecule has 11 heteroatoms. The highest BCUT2D eigenvalue weighted by Gasteiger charge is 2.19. The van der Waals surface area contributed by atoms with Gasteiger partial charge in [-0.15, -0.1) is 0 Å². The number of hydrogen-bond donors (Lipinski definition) is 4. The van der Waals surface area contributed by atoms with Gasteiger partial charge in [0.2, 0.25) is 5.95 Å². The quantitative estimate of drug-likeness (QED) is 0.278. The molecule has 0 fully saturated rings. The van der Waals surface area contributed by atoms with Gasteiger partial charge >= 0.3 is 6.16 Å². The number of rotatable bonds is 11. The van der Waals surface area contributed by atoms with Gasteiger partial charge in [-0.1, -0.05) is 30.7 Å². The van der Waals surface area contributed by atoms with Crippen molar-refractivity contribution in [3.05, 3.63) is 64.6 Å². The first kappa shape index (κ1) is 27.0. The van der Waals surface area contributed by atoms with Crippen molar-refractivity contribution in [2.75, 3.05) is 25.1 Å². The monoisotopic (exact) mass is 515 g/mol. The number of carbonyl (C=O) groups excluding carboxylic acids is 2. The van der Waals surface area contributed by atoms with E-state index < -0.39 is 12.2 Å². The average Bonchev–Trinajstić information content (AvgIpc) is 3.36. The number of aromatic amines is 1. The van der Waals surface area contributed by atoms with Crippen molar-refractivity contribution in [3.63, 3.8) is 0 Å². The second kappa shape index (κ2) is 12.9. The highest BCUT2D eigenvalue weighted by molar-refractivity contribution is 6.30. The number of hydrogen-bond acceptors (Lipinski definition) is 8. The Balaban J connectivity index is 1.71. The molecule has 2 aromatic heterocycles. The Hall–Kier alpha value is -3.63. The summed E-state index contributed by atoms with van der Waals surface area (Å²) in [6, 6.07) is 7.83. The van der Waals surface area contributed by atoms with Crippen LogP contribution in [0.5, 0.6) is 0 Å². The zero-order chi connectivity index (χ0) is 26.1. The van der Waals surface area contributed by atoms with Crippen molar-refractivity contribution in [3.8, 4) is 11.3 Å². The minimum atomic E-state index is -0.722. The molecule has 10 nitrogen and oxygen atoms in total. The topological polar surface area (TPSA) is 138 Å². The van der Waals surface area contributed by atoms with Crippen LogP contribution in [0.2, 0.25) is 5.02 Å². The third-order valence-electron chi connectivity index (χ3n) is 5.40.